The van der Waals surface area contributed by atoms with Gasteiger partial charge in [-0.15, -0.1) is 0 Å². The minimum atomic E-state index is -1.69. The average molecular weight is 697 g/mol. The fourth-order valence-electron chi connectivity index (χ4n) is 5.93. The van der Waals surface area contributed by atoms with Crippen LogP contribution in [0.1, 0.15) is 110 Å². The first kappa shape index (κ1) is 43.2. The molecule has 14 heteroatoms. The SMILES string of the molecule is CCCCCCCCCCCCCCCCCOCC(COC1OC(COC2OC(CO)C(O)C(O)C2O)C(O)C(O)C1O)OC(C)=O. The molecule has 284 valence electrons. The molecule has 0 spiro atoms. The summed E-state index contributed by atoms with van der Waals surface area (Å²) in [5.74, 6) is -0.550. The molecule has 0 amide bonds. The molecule has 0 aliphatic carbocycles. The zero-order valence-electron chi connectivity index (χ0n) is 29.0. The van der Waals surface area contributed by atoms with Crippen LogP contribution in [0.4, 0.5) is 0 Å². The molecular formula is C34H64O14. The second kappa shape index (κ2) is 25.0. The summed E-state index contributed by atoms with van der Waals surface area (Å²) in [5.41, 5.74) is 0. The van der Waals surface area contributed by atoms with E-state index in [9.17, 15) is 40.5 Å². The van der Waals surface area contributed by atoms with E-state index in [1.54, 1.807) is 0 Å². The van der Waals surface area contributed by atoms with Gasteiger partial charge in [-0.2, -0.15) is 0 Å². The Hall–Kier alpha value is -1.01. The summed E-state index contributed by atoms with van der Waals surface area (Å²) in [6.07, 6.45) is 2.87. The fourth-order valence-corrected chi connectivity index (χ4v) is 5.93. The minimum Gasteiger partial charge on any atom is -0.458 e. The second-order valence-corrected chi connectivity index (χ2v) is 13.1. The van der Waals surface area contributed by atoms with E-state index in [0.717, 1.165) is 19.3 Å². The third-order valence-electron chi connectivity index (χ3n) is 8.92. The molecule has 2 fully saturated rings. The quantitative estimate of drug-likeness (QED) is 0.0504. The van der Waals surface area contributed by atoms with Gasteiger partial charge in [0.05, 0.1) is 26.4 Å². The molecule has 2 aliphatic heterocycles. The molecule has 0 aromatic rings. The Bertz CT molecular complexity index is 819. The Morgan fingerprint density at radius 2 is 1.06 bits per heavy atom. The van der Waals surface area contributed by atoms with E-state index in [1.807, 2.05) is 0 Å². The maximum absolute atomic E-state index is 11.7. The molecule has 0 saturated carbocycles. The Kier molecular flexibility index (Phi) is 22.5. The smallest absolute Gasteiger partial charge is 0.303 e. The van der Waals surface area contributed by atoms with Crippen LogP contribution in [-0.2, 0) is 33.2 Å². The van der Waals surface area contributed by atoms with Crippen molar-refractivity contribution < 1.29 is 69.0 Å². The predicted octanol–water partition coefficient (Wildman–Crippen LogP) is 1.45. The van der Waals surface area contributed by atoms with Gasteiger partial charge in [0, 0.05) is 13.5 Å². The molecule has 14 nitrogen and oxygen atoms in total. The number of unbranched alkanes of at least 4 members (excludes halogenated alkanes) is 14. The lowest BCUT2D eigenvalue weighted by Gasteiger charge is -2.42. The summed E-state index contributed by atoms with van der Waals surface area (Å²) in [6.45, 7) is 2.67. The molecule has 2 rings (SSSR count). The molecule has 11 atom stereocenters. The van der Waals surface area contributed by atoms with Crippen LogP contribution in [0, 0.1) is 0 Å². The lowest BCUT2D eigenvalue weighted by Crippen LogP contribution is -2.61. The van der Waals surface area contributed by atoms with Crippen molar-refractivity contribution in [1.29, 1.82) is 0 Å². The van der Waals surface area contributed by atoms with Crippen LogP contribution in [0.3, 0.4) is 0 Å². The zero-order valence-corrected chi connectivity index (χ0v) is 29.0. The van der Waals surface area contributed by atoms with Gasteiger partial charge in [0.1, 0.15) is 54.9 Å². The van der Waals surface area contributed by atoms with E-state index >= 15 is 0 Å². The summed E-state index contributed by atoms with van der Waals surface area (Å²) in [6, 6.07) is 0. The minimum absolute atomic E-state index is 0.0514. The van der Waals surface area contributed by atoms with E-state index in [0.29, 0.717) is 6.61 Å². The predicted molar refractivity (Wildman–Crippen MR) is 174 cm³/mol. The highest BCUT2D eigenvalue weighted by atomic mass is 16.7. The maximum Gasteiger partial charge on any atom is 0.303 e. The lowest BCUT2D eigenvalue weighted by molar-refractivity contribution is -0.332. The van der Waals surface area contributed by atoms with Gasteiger partial charge in [0.15, 0.2) is 12.6 Å². The van der Waals surface area contributed by atoms with Crippen LogP contribution in [0.25, 0.3) is 0 Å². The van der Waals surface area contributed by atoms with Crippen LogP contribution in [-0.4, -0.2) is 142 Å². The van der Waals surface area contributed by atoms with Crippen LogP contribution in [0.2, 0.25) is 0 Å². The highest BCUT2D eigenvalue weighted by molar-refractivity contribution is 5.66. The molecule has 0 radical (unpaired) electrons. The normalized spacial score (nSPS) is 31.5. The number of aliphatic hydroxyl groups excluding tert-OH is 7. The van der Waals surface area contributed by atoms with Crippen molar-refractivity contribution in [2.75, 3.05) is 33.0 Å². The van der Waals surface area contributed by atoms with Crippen molar-refractivity contribution in [1.82, 2.24) is 0 Å². The Labute approximate surface area is 285 Å². The van der Waals surface area contributed by atoms with Crippen molar-refractivity contribution in [2.45, 2.75) is 178 Å². The van der Waals surface area contributed by atoms with Crippen molar-refractivity contribution in [2.24, 2.45) is 0 Å². The molecule has 7 N–H and O–H groups in total. The van der Waals surface area contributed by atoms with Gasteiger partial charge in [0.2, 0.25) is 0 Å². The monoisotopic (exact) mass is 696 g/mol. The summed E-state index contributed by atoms with van der Waals surface area (Å²) < 4.78 is 33.0. The Balaban J connectivity index is 1.64. The number of hydrogen-bond acceptors (Lipinski definition) is 14. The van der Waals surface area contributed by atoms with Crippen LogP contribution in [0.5, 0.6) is 0 Å². The summed E-state index contributed by atoms with van der Waals surface area (Å²) in [5, 5.41) is 70.7. The summed E-state index contributed by atoms with van der Waals surface area (Å²) >= 11 is 0. The van der Waals surface area contributed by atoms with E-state index in [4.69, 9.17) is 28.4 Å². The van der Waals surface area contributed by atoms with E-state index < -0.39 is 86.7 Å². The number of carbonyl (C=O) groups is 1. The molecule has 2 saturated heterocycles. The topological polar surface area (TPSA) is 214 Å². The Morgan fingerprint density at radius 1 is 0.604 bits per heavy atom. The molecule has 2 heterocycles. The first-order valence-corrected chi connectivity index (χ1v) is 18.1. The van der Waals surface area contributed by atoms with E-state index in [-0.39, 0.29) is 13.2 Å². The Morgan fingerprint density at radius 3 is 1.56 bits per heavy atom. The van der Waals surface area contributed by atoms with E-state index in [2.05, 4.69) is 6.92 Å². The molecule has 11 unspecified atom stereocenters. The summed E-state index contributed by atoms with van der Waals surface area (Å²) in [7, 11) is 0. The molecule has 48 heavy (non-hydrogen) atoms. The first-order valence-electron chi connectivity index (χ1n) is 18.1. The van der Waals surface area contributed by atoms with Gasteiger partial charge >= 0.3 is 5.97 Å². The standard InChI is InChI=1S/C34H64O14/c1-3-4-5-6-7-8-9-10-11-12-13-14-15-16-17-18-43-20-24(46-23(2)36)21-44-33-32(42)30(40)28(38)26(48-33)22-45-34-31(41)29(39)27(37)25(19-35)47-34/h24-35,37-42H,3-22H2,1-2H3. The molecule has 2 aliphatic rings. The third-order valence-corrected chi connectivity index (χ3v) is 8.92. The summed E-state index contributed by atoms with van der Waals surface area (Å²) in [4.78, 5) is 11.7. The third kappa shape index (κ3) is 15.9. The number of ether oxygens (including phenoxy) is 6. The molecule has 0 bridgehead atoms. The zero-order chi connectivity index (χ0) is 35.3. The van der Waals surface area contributed by atoms with Gasteiger partial charge < -0.3 is 64.2 Å². The van der Waals surface area contributed by atoms with E-state index in [1.165, 1.54) is 84.0 Å². The van der Waals surface area contributed by atoms with Gasteiger partial charge in [0.25, 0.3) is 0 Å². The lowest BCUT2D eigenvalue weighted by atomic mass is 9.98. The number of rotatable bonds is 26. The van der Waals surface area contributed by atoms with Crippen LogP contribution >= 0.6 is 0 Å². The van der Waals surface area contributed by atoms with Crippen LogP contribution in [0.15, 0.2) is 0 Å². The van der Waals surface area contributed by atoms with Gasteiger partial charge in [-0.25, -0.2) is 0 Å². The number of aliphatic hydroxyl groups is 7. The van der Waals surface area contributed by atoms with Gasteiger partial charge in [-0.05, 0) is 6.42 Å². The molecule has 0 aromatic carbocycles. The van der Waals surface area contributed by atoms with Crippen molar-refractivity contribution in [3.05, 3.63) is 0 Å². The number of hydrogen-bond donors (Lipinski definition) is 7. The highest BCUT2D eigenvalue weighted by Gasteiger charge is 2.47. The van der Waals surface area contributed by atoms with Gasteiger partial charge in [-0.1, -0.05) is 96.8 Å². The fraction of sp³-hybridized carbons (Fsp3) is 0.971. The highest BCUT2D eigenvalue weighted by Crippen LogP contribution is 2.26. The van der Waals surface area contributed by atoms with Crippen molar-refractivity contribution >= 4 is 5.97 Å². The molecular weight excluding hydrogens is 632 g/mol. The van der Waals surface area contributed by atoms with Crippen molar-refractivity contribution in [3.8, 4) is 0 Å². The number of esters is 1. The molecule has 0 aromatic heterocycles. The maximum atomic E-state index is 11.7. The van der Waals surface area contributed by atoms with Crippen molar-refractivity contribution in [3.63, 3.8) is 0 Å². The van der Waals surface area contributed by atoms with Crippen LogP contribution < -0.4 is 0 Å². The van der Waals surface area contributed by atoms with Gasteiger partial charge in [-0.3, -0.25) is 4.79 Å². The largest absolute Gasteiger partial charge is 0.458 e. The first-order chi connectivity index (χ1) is 23.1. The number of carbonyl (C=O) groups excluding carboxylic acids is 1. The second-order valence-electron chi connectivity index (χ2n) is 13.1. The average Bonchev–Trinajstić information content (AvgIpc) is 3.07.